The van der Waals surface area contributed by atoms with Gasteiger partial charge in [0, 0.05) is 11.3 Å². The molecule has 0 saturated carbocycles. The molecule has 2 atom stereocenters. The molecule has 2 nitrogen and oxygen atoms in total. The first-order valence-corrected chi connectivity index (χ1v) is 7.60. The fourth-order valence-corrected chi connectivity index (χ4v) is 2.30. The third-order valence-electron chi connectivity index (χ3n) is 2.45. The molecule has 1 fully saturated rings. The minimum atomic E-state index is -0.169. The van der Waals surface area contributed by atoms with Gasteiger partial charge in [-0.25, -0.2) is 0 Å². The Kier molecular flexibility index (Phi) is 7.33. The minimum Gasteiger partial charge on any atom is -0.348 e. The number of hydrogen-bond acceptors (Lipinski definition) is 3. The normalized spacial score (nSPS) is 23.7. The van der Waals surface area contributed by atoms with Gasteiger partial charge in [0.25, 0.3) is 0 Å². The Labute approximate surface area is 109 Å². The van der Waals surface area contributed by atoms with Crippen molar-refractivity contribution in [1.29, 1.82) is 0 Å². The molecule has 0 bridgehead atoms. The summed E-state index contributed by atoms with van der Waals surface area (Å²) >= 11 is 1.82. The summed E-state index contributed by atoms with van der Waals surface area (Å²) in [6.45, 7) is 4.80. The zero-order chi connectivity index (χ0) is 12.5. The van der Waals surface area contributed by atoms with E-state index in [1.807, 2.05) is 55.9 Å². The standard InChI is InChI=1S/C12H16O2S.C2H6/c1-15-9-11-7-8-13-12(14-11)10-5-3-2-4-6-10;1-2/h2-6,11-12H,7-9H2,1H3;1-2H3. The predicted octanol–water partition coefficient (Wildman–Crippen LogP) is 3.88. The monoisotopic (exact) mass is 254 g/mol. The molecule has 0 radical (unpaired) electrons. The van der Waals surface area contributed by atoms with Gasteiger partial charge in [-0.1, -0.05) is 44.2 Å². The van der Waals surface area contributed by atoms with Crippen LogP contribution in [0, 0.1) is 0 Å². The van der Waals surface area contributed by atoms with Crippen molar-refractivity contribution in [3.63, 3.8) is 0 Å². The van der Waals surface area contributed by atoms with Crippen LogP contribution >= 0.6 is 11.8 Å². The molecule has 96 valence electrons. The first-order chi connectivity index (χ1) is 8.40. The highest BCUT2D eigenvalue weighted by molar-refractivity contribution is 7.98. The topological polar surface area (TPSA) is 18.5 Å². The number of rotatable bonds is 3. The summed E-state index contributed by atoms with van der Waals surface area (Å²) in [5.41, 5.74) is 1.11. The summed E-state index contributed by atoms with van der Waals surface area (Å²) in [7, 11) is 0. The van der Waals surface area contributed by atoms with Gasteiger partial charge in [-0.05, 0) is 12.7 Å². The third-order valence-corrected chi connectivity index (χ3v) is 3.15. The van der Waals surface area contributed by atoms with E-state index in [9.17, 15) is 0 Å². The van der Waals surface area contributed by atoms with Crippen LogP contribution in [-0.4, -0.2) is 24.7 Å². The highest BCUT2D eigenvalue weighted by atomic mass is 32.2. The molecular formula is C14H22O2S. The highest BCUT2D eigenvalue weighted by Gasteiger charge is 2.23. The Hall–Kier alpha value is -0.510. The summed E-state index contributed by atoms with van der Waals surface area (Å²) in [6.07, 6.45) is 3.27. The lowest BCUT2D eigenvalue weighted by Gasteiger charge is -2.30. The maximum Gasteiger partial charge on any atom is 0.184 e. The zero-order valence-electron chi connectivity index (χ0n) is 10.9. The quantitative estimate of drug-likeness (QED) is 0.815. The van der Waals surface area contributed by atoms with E-state index in [2.05, 4.69) is 6.26 Å². The molecule has 1 aromatic rings. The van der Waals surface area contributed by atoms with Crippen molar-refractivity contribution in [2.24, 2.45) is 0 Å². The lowest BCUT2D eigenvalue weighted by Crippen LogP contribution is -2.28. The van der Waals surface area contributed by atoms with Crippen LogP contribution in [0.4, 0.5) is 0 Å². The van der Waals surface area contributed by atoms with E-state index in [0.717, 1.165) is 24.3 Å². The number of hydrogen-bond donors (Lipinski definition) is 0. The van der Waals surface area contributed by atoms with Gasteiger partial charge in [-0.15, -0.1) is 0 Å². The molecule has 3 heteroatoms. The van der Waals surface area contributed by atoms with Gasteiger partial charge in [0.05, 0.1) is 12.7 Å². The molecule has 17 heavy (non-hydrogen) atoms. The molecule has 1 saturated heterocycles. The molecule has 2 rings (SSSR count). The van der Waals surface area contributed by atoms with Crippen LogP contribution in [0.3, 0.4) is 0 Å². The second-order valence-electron chi connectivity index (χ2n) is 3.62. The first kappa shape index (κ1) is 14.6. The van der Waals surface area contributed by atoms with Gasteiger partial charge in [0.1, 0.15) is 0 Å². The van der Waals surface area contributed by atoms with Crippen molar-refractivity contribution in [1.82, 2.24) is 0 Å². The number of ether oxygens (including phenoxy) is 2. The number of benzene rings is 1. The second kappa shape index (κ2) is 8.56. The van der Waals surface area contributed by atoms with E-state index in [4.69, 9.17) is 9.47 Å². The molecule has 2 unspecified atom stereocenters. The van der Waals surface area contributed by atoms with Gasteiger partial charge in [0.2, 0.25) is 0 Å². The van der Waals surface area contributed by atoms with Crippen LogP contribution in [0.5, 0.6) is 0 Å². The lowest BCUT2D eigenvalue weighted by atomic mass is 10.2. The van der Waals surface area contributed by atoms with Crippen LogP contribution in [0.2, 0.25) is 0 Å². The Morgan fingerprint density at radius 2 is 1.94 bits per heavy atom. The summed E-state index contributed by atoms with van der Waals surface area (Å²) in [6, 6.07) is 10.1. The third kappa shape index (κ3) is 4.70. The molecule has 1 aromatic carbocycles. The molecule has 0 spiro atoms. The van der Waals surface area contributed by atoms with Crippen LogP contribution < -0.4 is 0 Å². The van der Waals surface area contributed by atoms with E-state index in [0.29, 0.717) is 6.10 Å². The molecule has 1 heterocycles. The molecule has 0 aliphatic carbocycles. The van der Waals surface area contributed by atoms with Gasteiger partial charge < -0.3 is 9.47 Å². The van der Waals surface area contributed by atoms with E-state index in [-0.39, 0.29) is 6.29 Å². The van der Waals surface area contributed by atoms with Gasteiger partial charge >= 0.3 is 0 Å². The van der Waals surface area contributed by atoms with Crippen LogP contribution in [0.15, 0.2) is 30.3 Å². The summed E-state index contributed by atoms with van der Waals surface area (Å²) < 4.78 is 11.5. The van der Waals surface area contributed by atoms with E-state index in [1.54, 1.807) is 0 Å². The molecule has 1 aliphatic heterocycles. The van der Waals surface area contributed by atoms with Crippen LogP contribution in [-0.2, 0) is 9.47 Å². The smallest absolute Gasteiger partial charge is 0.184 e. The molecular weight excluding hydrogens is 232 g/mol. The Bertz CT molecular complexity index is 288. The van der Waals surface area contributed by atoms with Crippen molar-refractivity contribution in [2.75, 3.05) is 18.6 Å². The van der Waals surface area contributed by atoms with Gasteiger partial charge in [-0.3, -0.25) is 0 Å². The Morgan fingerprint density at radius 1 is 1.24 bits per heavy atom. The maximum absolute atomic E-state index is 5.87. The second-order valence-corrected chi connectivity index (χ2v) is 4.53. The van der Waals surface area contributed by atoms with Crippen molar-refractivity contribution in [3.8, 4) is 0 Å². The Balaban J connectivity index is 0.000000686. The zero-order valence-corrected chi connectivity index (χ0v) is 11.7. The Morgan fingerprint density at radius 3 is 2.59 bits per heavy atom. The van der Waals surface area contributed by atoms with Crippen molar-refractivity contribution >= 4 is 11.8 Å². The average molecular weight is 254 g/mol. The van der Waals surface area contributed by atoms with E-state index < -0.39 is 0 Å². The molecule has 0 amide bonds. The maximum atomic E-state index is 5.87. The molecule has 0 N–H and O–H groups in total. The van der Waals surface area contributed by atoms with E-state index in [1.165, 1.54) is 0 Å². The lowest BCUT2D eigenvalue weighted by molar-refractivity contribution is -0.211. The van der Waals surface area contributed by atoms with Gasteiger partial charge in [-0.2, -0.15) is 11.8 Å². The summed E-state index contributed by atoms with van der Waals surface area (Å²) in [5.74, 6) is 1.05. The van der Waals surface area contributed by atoms with Crippen molar-refractivity contribution < 1.29 is 9.47 Å². The van der Waals surface area contributed by atoms with Crippen molar-refractivity contribution in [2.45, 2.75) is 32.7 Å². The molecule has 0 aromatic heterocycles. The first-order valence-electron chi connectivity index (χ1n) is 6.21. The fraction of sp³-hybridized carbons (Fsp3) is 0.571. The van der Waals surface area contributed by atoms with E-state index >= 15 is 0 Å². The number of thioether (sulfide) groups is 1. The SMILES string of the molecule is CC.CSCC1CCOC(c2ccccc2)O1. The fourth-order valence-electron chi connectivity index (χ4n) is 1.68. The molecule has 1 aliphatic rings. The highest BCUT2D eigenvalue weighted by Crippen LogP contribution is 2.27. The van der Waals surface area contributed by atoms with Gasteiger partial charge in [0.15, 0.2) is 6.29 Å². The minimum absolute atomic E-state index is 0.169. The average Bonchev–Trinajstić information content (AvgIpc) is 2.43. The van der Waals surface area contributed by atoms with Crippen LogP contribution in [0.1, 0.15) is 32.1 Å². The van der Waals surface area contributed by atoms with Crippen molar-refractivity contribution in [3.05, 3.63) is 35.9 Å². The predicted molar refractivity (Wildman–Crippen MR) is 74.4 cm³/mol. The largest absolute Gasteiger partial charge is 0.348 e. The van der Waals surface area contributed by atoms with Crippen LogP contribution in [0.25, 0.3) is 0 Å². The summed E-state index contributed by atoms with van der Waals surface area (Å²) in [4.78, 5) is 0. The summed E-state index contributed by atoms with van der Waals surface area (Å²) in [5, 5.41) is 0.